The molecular weight excluding hydrogens is 199 g/mol. The molecule has 3 nitrogen and oxygen atoms in total. The normalized spacial score (nSPS) is 13.9. The number of halogens is 1. The molecule has 0 fully saturated rings. The summed E-state index contributed by atoms with van der Waals surface area (Å²) in [6, 6.07) is 2.78. The number of Topliss-reactive ketones (excluding diaryl/α,β-unsaturated/α-hetero) is 1. The lowest BCUT2D eigenvalue weighted by Crippen LogP contribution is -2.07. The Morgan fingerprint density at radius 1 is 1.40 bits per heavy atom. The first-order chi connectivity index (χ1) is 7.15. The van der Waals surface area contributed by atoms with Gasteiger partial charge in [0, 0.05) is 12.0 Å². The van der Waals surface area contributed by atoms with Gasteiger partial charge in [-0.15, -0.1) is 0 Å². The maximum absolute atomic E-state index is 13.7. The van der Waals surface area contributed by atoms with Crippen LogP contribution in [0.4, 0.5) is 4.39 Å². The minimum absolute atomic E-state index is 0.0692. The van der Waals surface area contributed by atoms with Crippen molar-refractivity contribution in [2.75, 3.05) is 7.11 Å². The van der Waals surface area contributed by atoms with Gasteiger partial charge in [0.15, 0.2) is 5.78 Å². The maximum atomic E-state index is 13.7. The second kappa shape index (κ2) is 3.46. The van der Waals surface area contributed by atoms with Gasteiger partial charge in [0.2, 0.25) is 0 Å². The fourth-order valence-electron chi connectivity index (χ4n) is 1.77. The number of ketones is 1. The van der Waals surface area contributed by atoms with Crippen molar-refractivity contribution in [3.8, 4) is 0 Å². The lowest BCUT2D eigenvalue weighted by molar-refractivity contribution is 0.0595. The molecule has 0 bridgehead atoms. The molecule has 0 heterocycles. The number of benzene rings is 1. The molecule has 78 valence electrons. The monoisotopic (exact) mass is 208 g/mol. The van der Waals surface area contributed by atoms with Crippen LogP contribution in [0.1, 0.15) is 32.7 Å². The van der Waals surface area contributed by atoms with Gasteiger partial charge < -0.3 is 4.74 Å². The summed E-state index contributed by atoms with van der Waals surface area (Å²) in [5.74, 6) is -1.40. The minimum Gasteiger partial charge on any atom is -0.465 e. The Bertz CT molecular complexity index is 451. The zero-order chi connectivity index (χ0) is 11.0. The van der Waals surface area contributed by atoms with Crippen LogP contribution >= 0.6 is 0 Å². The Hall–Kier alpha value is -1.71. The molecule has 0 saturated carbocycles. The summed E-state index contributed by atoms with van der Waals surface area (Å²) in [5.41, 5.74) is 0.619. The van der Waals surface area contributed by atoms with Crippen LogP contribution in [-0.2, 0) is 11.2 Å². The molecule has 0 aromatic heterocycles. The van der Waals surface area contributed by atoms with Crippen molar-refractivity contribution >= 4 is 11.8 Å². The Labute approximate surface area is 85.9 Å². The average molecular weight is 208 g/mol. The Balaban J connectivity index is 2.55. The predicted octanol–water partition coefficient (Wildman–Crippen LogP) is 1.74. The largest absolute Gasteiger partial charge is 0.465 e. The number of fused-ring (bicyclic) bond motifs is 1. The smallest absolute Gasteiger partial charge is 0.340 e. The summed E-state index contributed by atoms with van der Waals surface area (Å²) in [6.45, 7) is 0. The third-order valence-electron chi connectivity index (χ3n) is 2.55. The fraction of sp³-hybridized carbons (Fsp3) is 0.273. The number of rotatable bonds is 1. The second-order valence-electron chi connectivity index (χ2n) is 3.37. The molecule has 1 aliphatic carbocycles. The van der Waals surface area contributed by atoms with E-state index < -0.39 is 11.8 Å². The molecule has 0 spiro atoms. The van der Waals surface area contributed by atoms with Gasteiger partial charge in [-0.05, 0) is 18.1 Å². The van der Waals surface area contributed by atoms with Gasteiger partial charge in [0.25, 0.3) is 0 Å². The molecule has 0 radical (unpaired) electrons. The van der Waals surface area contributed by atoms with E-state index in [4.69, 9.17) is 0 Å². The number of esters is 1. The summed E-state index contributed by atoms with van der Waals surface area (Å²) in [7, 11) is 1.19. The Kier molecular flexibility index (Phi) is 2.26. The van der Waals surface area contributed by atoms with Crippen molar-refractivity contribution in [2.24, 2.45) is 0 Å². The van der Waals surface area contributed by atoms with Crippen LogP contribution in [-0.4, -0.2) is 18.9 Å². The van der Waals surface area contributed by atoms with Crippen LogP contribution in [0.2, 0.25) is 0 Å². The standard InChI is InChI=1S/C11H9FO3/c1-15-11(14)8-3-2-6-7(10(8)12)4-5-9(6)13/h2-3H,4-5H2,1H3. The van der Waals surface area contributed by atoms with E-state index in [1.165, 1.54) is 19.2 Å². The van der Waals surface area contributed by atoms with E-state index in [9.17, 15) is 14.0 Å². The number of methoxy groups -OCH3 is 1. The lowest BCUT2D eigenvalue weighted by atomic mass is 10.1. The number of carbonyl (C=O) groups excluding carboxylic acids is 2. The Morgan fingerprint density at radius 3 is 2.80 bits per heavy atom. The molecule has 0 unspecified atom stereocenters. The van der Waals surface area contributed by atoms with Gasteiger partial charge in [0.05, 0.1) is 12.7 Å². The van der Waals surface area contributed by atoms with Crippen molar-refractivity contribution in [1.29, 1.82) is 0 Å². The van der Waals surface area contributed by atoms with Crippen molar-refractivity contribution < 1.29 is 18.7 Å². The SMILES string of the molecule is COC(=O)c1ccc2c(c1F)CCC2=O. The minimum atomic E-state index is -0.713. The average Bonchev–Trinajstić information content (AvgIpc) is 2.61. The van der Waals surface area contributed by atoms with Crippen LogP contribution in [0.15, 0.2) is 12.1 Å². The van der Waals surface area contributed by atoms with Crippen molar-refractivity contribution in [3.05, 3.63) is 34.6 Å². The summed E-state index contributed by atoms with van der Waals surface area (Å²) < 4.78 is 18.2. The molecule has 1 aromatic carbocycles. The zero-order valence-corrected chi connectivity index (χ0v) is 8.17. The molecule has 0 atom stereocenters. The molecule has 0 N–H and O–H groups in total. The number of hydrogen-bond acceptors (Lipinski definition) is 3. The molecule has 1 aliphatic rings. The summed E-state index contributed by atoms with van der Waals surface area (Å²) in [4.78, 5) is 22.5. The lowest BCUT2D eigenvalue weighted by Gasteiger charge is -2.04. The van der Waals surface area contributed by atoms with Crippen molar-refractivity contribution in [1.82, 2.24) is 0 Å². The molecular formula is C11H9FO3. The molecule has 15 heavy (non-hydrogen) atoms. The molecule has 4 heteroatoms. The van der Waals surface area contributed by atoms with E-state index in [-0.39, 0.29) is 11.3 Å². The van der Waals surface area contributed by atoms with Crippen LogP contribution < -0.4 is 0 Å². The zero-order valence-electron chi connectivity index (χ0n) is 8.17. The van der Waals surface area contributed by atoms with E-state index in [1.54, 1.807) is 0 Å². The maximum Gasteiger partial charge on any atom is 0.340 e. The highest BCUT2D eigenvalue weighted by atomic mass is 19.1. The Morgan fingerprint density at radius 2 is 2.13 bits per heavy atom. The molecule has 1 aromatic rings. The van der Waals surface area contributed by atoms with E-state index >= 15 is 0 Å². The number of ether oxygens (including phenoxy) is 1. The van der Waals surface area contributed by atoms with E-state index in [2.05, 4.69) is 4.74 Å². The van der Waals surface area contributed by atoms with Crippen LogP contribution in [0, 0.1) is 5.82 Å². The van der Waals surface area contributed by atoms with E-state index in [1.807, 2.05) is 0 Å². The van der Waals surface area contributed by atoms with Gasteiger partial charge in [0.1, 0.15) is 5.82 Å². The second-order valence-corrected chi connectivity index (χ2v) is 3.37. The molecule has 2 rings (SSSR count). The van der Waals surface area contributed by atoms with E-state index in [0.29, 0.717) is 24.0 Å². The summed E-state index contributed by atoms with van der Waals surface area (Å²) in [5, 5.41) is 0. The van der Waals surface area contributed by atoms with Gasteiger partial charge in [-0.25, -0.2) is 9.18 Å². The highest BCUT2D eigenvalue weighted by molar-refractivity contribution is 6.02. The van der Waals surface area contributed by atoms with Gasteiger partial charge in [-0.1, -0.05) is 6.07 Å². The highest BCUT2D eigenvalue weighted by Crippen LogP contribution is 2.26. The van der Waals surface area contributed by atoms with Crippen LogP contribution in [0.3, 0.4) is 0 Å². The predicted molar refractivity (Wildman–Crippen MR) is 50.4 cm³/mol. The van der Waals surface area contributed by atoms with Crippen LogP contribution in [0.25, 0.3) is 0 Å². The third-order valence-corrected chi connectivity index (χ3v) is 2.55. The first-order valence-corrected chi connectivity index (χ1v) is 4.58. The summed E-state index contributed by atoms with van der Waals surface area (Å²) >= 11 is 0. The first kappa shape index (κ1) is 9.83. The fourth-order valence-corrected chi connectivity index (χ4v) is 1.77. The number of carbonyl (C=O) groups is 2. The first-order valence-electron chi connectivity index (χ1n) is 4.58. The summed E-state index contributed by atoms with van der Waals surface area (Å²) in [6.07, 6.45) is 0.682. The molecule has 0 amide bonds. The number of hydrogen-bond donors (Lipinski definition) is 0. The van der Waals surface area contributed by atoms with Crippen molar-refractivity contribution in [2.45, 2.75) is 12.8 Å². The third kappa shape index (κ3) is 1.42. The topological polar surface area (TPSA) is 43.4 Å². The van der Waals surface area contributed by atoms with E-state index in [0.717, 1.165) is 0 Å². The van der Waals surface area contributed by atoms with Crippen LogP contribution in [0.5, 0.6) is 0 Å². The van der Waals surface area contributed by atoms with Crippen molar-refractivity contribution in [3.63, 3.8) is 0 Å². The van der Waals surface area contributed by atoms with Gasteiger partial charge in [-0.3, -0.25) is 4.79 Å². The molecule has 0 aliphatic heterocycles. The van der Waals surface area contributed by atoms with Gasteiger partial charge in [-0.2, -0.15) is 0 Å². The van der Waals surface area contributed by atoms with Gasteiger partial charge >= 0.3 is 5.97 Å². The molecule has 0 saturated heterocycles. The highest BCUT2D eigenvalue weighted by Gasteiger charge is 2.26. The quantitative estimate of drug-likeness (QED) is 0.660.